The van der Waals surface area contributed by atoms with Crippen LogP contribution in [0, 0.1) is 0 Å². The molecule has 6 heteroatoms. The van der Waals surface area contributed by atoms with Crippen molar-refractivity contribution in [3.8, 4) is 0 Å². The van der Waals surface area contributed by atoms with Gasteiger partial charge in [-0.05, 0) is 108 Å². The largest absolute Gasteiger partial charge is 0.456 e. The third-order valence-corrected chi connectivity index (χ3v) is 14.7. The lowest BCUT2D eigenvalue weighted by atomic mass is 10.0. The zero-order chi connectivity index (χ0) is 38.2. The van der Waals surface area contributed by atoms with E-state index in [2.05, 4.69) is 204 Å². The Morgan fingerprint density at radius 1 is 0.345 bits per heavy atom. The Labute approximate surface area is 347 Å². The summed E-state index contributed by atoms with van der Waals surface area (Å²) in [5.41, 5.74) is 8.28. The highest BCUT2D eigenvalue weighted by Gasteiger charge is 2.25. The Hall–Kier alpha value is -6.44. The molecule has 58 heavy (non-hydrogen) atoms. The molecule has 3 nitrogen and oxygen atoms in total. The van der Waals surface area contributed by atoms with Crippen LogP contribution in [0.5, 0.6) is 0 Å². The minimum absolute atomic E-state index is 0.865. The van der Waals surface area contributed by atoms with Crippen molar-refractivity contribution in [2.24, 2.45) is 0 Å². The zero-order valence-corrected chi connectivity index (χ0v) is 33.5. The molecule has 0 radical (unpaired) electrons. The SMILES string of the molecule is c1ccc(N(c2ccc3c(c2)oc2cc4ccccc4cc23)c2cc(N(c3ccccc3)c3ccc4c(c3)Sc3ccccc3S4)c3c(c2)sc2ccccc23)cc1. The number of fused-ring (bicyclic) bond motifs is 9. The van der Waals surface area contributed by atoms with Crippen molar-refractivity contribution in [2.75, 3.05) is 9.80 Å². The third kappa shape index (κ3) is 5.59. The number of hydrogen-bond donors (Lipinski definition) is 0. The molecular formula is C52H32N2OS3. The monoisotopic (exact) mass is 796 g/mol. The Balaban J connectivity index is 1.09. The lowest BCUT2D eigenvalue weighted by Gasteiger charge is -2.31. The molecule has 0 fully saturated rings. The molecule has 0 saturated heterocycles. The molecule has 0 N–H and O–H groups in total. The second-order valence-corrected chi connectivity index (χ2v) is 17.8. The lowest BCUT2D eigenvalue weighted by molar-refractivity contribution is 0.669. The average Bonchev–Trinajstić information content (AvgIpc) is 3.83. The summed E-state index contributed by atoms with van der Waals surface area (Å²) in [5.74, 6) is 0. The van der Waals surface area contributed by atoms with Crippen LogP contribution in [-0.4, -0.2) is 0 Å². The normalized spacial score (nSPS) is 12.3. The summed E-state index contributed by atoms with van der Waals surface area (Å²) in [5, 5.41) is 7.12. The number of rotatable bonds is 6. The van der Waals surface area contributed by atoms with Crippen molar-refractivity contribution in [3.05, 3.63) is 194 Å². The number of nitrogens with zero attached hydrogens (tertiary/aromatic N) is 2. The van der Waals surface area contributed by atoms with E-state index >= 15 is 0 Å². The average molecular weight is 797 g/mol. The van der Waals surface area contributed by atoms with E-state index in [-0.39, 0.29) is 0 Å². The van der Waals surface area contributed by atoms with E-state index in [1.807, 2.05) is 34.9 Å². The number of para-hydroxylation sites is 2. The van der Waals surface area contributed by atoms with Gasteiger partial charge in [0.15, 0.2) is 0 Å². The maximum Gasteiger partial charge on any atom is 0.137 e. The molecule has 3 heterocycles. The molecule has 1 aliphatic rings. The molecule has 0 amide bonds. The molecule has 0 aliphatic carbocycles. The van der Waals surface area contributed by atoms with Gasteiger partial charge in [0.05, 0.1) is 5.69 Å². The Kier molecular flexibility index (Phi) is 7.90. The molecule has 9 aromatic carbocycles. The van der Waals surface area contributed by atoms with Crippen molar-refractivity contribution < 1.29 is 4.42 Å². The topological polar surface area (TPSA) is 19.6 Å². The number of benzene rings is 9. The summed E-state index contributed by atoms with van der Waals surface area (Å²) in [6.45, 7) is 0. The standard InChI is InChI=1S/C52H32N2OS3/c1-3-15-35(16-4-1)53(37-23-25-40-42-27-33-13-7-8-14-34(33)28-44(42)55-45(40)30-37)39-29-43(52-41-19-9-10-20-46(41)56-51(52)32-39)54(36-17-5-2-6-18-36)38-24-26-49-50(31-38)58-48-22-12-11-21-47(48)57-49/h1-32H. The molecule has 0 bridgehead atoms. The molecule has 11 aromatic rings. The Morgan fingerprint density at radius 3 is 1.74 bits per heavy atom. The number of hydrogen-bond acceptors (Lipinski definition) is 6. The van der Waals surface area contributed by atoms with Crippen LogP contribution in [0.25, 0.3) is 52.9 Å². The molecule has 0 saturated carbocycles. The Morgan fingerprint density at radius 2 is 0.948 bits per heavy atom. The van der Waals surface area contributed by atoms with Crippen molar-refractivity contribution in [2.45, 2.75) is 19.6 Å². The van der Waals surface area contributed by atoms with Crippen LogP contribution < -0.4 is 9.80 Å². The van der Waals surface area contributed by atoms with Gasteiger partial charge in [0, 0.05) is 85.0 Å². The van der Waals surface area contributed by atoms with Crippen LogP contribution in [-0.2, 0) is 0 Å². The zero-order valence-electron chi connectivity index (χ0n) is 31.0. The fourth-order valence-electron chi connectivity index (χ4n) is 8.40. The van der Waals surface area contributed by atoms with E-state index < -0.39 is 0 Å². The minimum Gasteiger partial charge on any atom is -0.456 e. The molecular weight excluding hydrogens is 765 g/mol. The van der Waals surface area contributed by atoms with Gasteiger partial charge in [-0.3, -0.25) is 0 Å². The highest BCUT2D eigenvalue weighted by molar-refractivity contribution is 8.05. The van der Waals surface area contributed by atoms with Crippen LogP contribution in [0.1, 0.15) is 0 Å². The number of thiophene rings is 1. The number of anilines is 6. The van der Waals surface area contributed by atoms with E-state index in [9.17, 15) is 0 Å². The lowest BCUT2D eigenvalue weighted by Crippen LogP contribution is -2.13. The first-order valence-corrected chi connectivity index (χ1v) is 21.8. The summed E-state index contributed by atoms with van der Waals surface area (Å²) >= 11 is 5.56. The molecule has 1 aliphatic heterocycles. The summed E-state index contributed by atoms with van der Waals surface area (Å²) in [7, 11) is 0. The summed E-state index contributed by atoms with van der Waals surface area (Å²) in [4.78, 5) is 9.97. The van der Waals surface area contributed by atoms with Gasteiger partial charge in [0.1, 0.15) is 11.2 Å². The first kappa shape index (κ1) is 33.7. The predicted molar refractivity (Wildman–Crippen MR) is 248 cm³/mol. The summed E-state index contributed by atoms with van der Waals surface area (Å²) in [6.07, 6.45) is 0. The highest BCUT2D eigenvalue weighted by Crippen LogP contribution is 2.53. The van der Waals surface area contributed by atoms with Crippen LogP contribution in [0.4, 0.5) is 34.1 Å². The van der Waals surface area contributed by atoms with Gasteiger partial charge in [-0.1, -0.05) is 115 Å². The second kappa shape index (κ2) is 13.6. The van der Waals surface area contributed by atoms with Gasteiger partial charge < -0.3 is 14.2 Å². The molecule has 2 aromatic heterocycles. The highest BCUT2D eigenvalue weighted by atomic mass is 32.2. The molecule has 12 rings (SSSR count). The van der Waals surface area contributed by atoms with Gasteiger partial charge in [-0.2, -0.15) is 0 Å². The van der Waals surface area contributed by atoms with Crippen molar-refractivity contribution >= 4 is 122 Å². The Bertz CT molecular complexity index is 3370. The summed E-state index contributed by atoms with van der Waals surface area (Å²) < 4.78 is 9.13. The van der Waals surface area contributed by atoms with E-state index in [0.717, 1.165) is 56.1 Å². The first-order chi connectivity index (χ1) is 28.7. The fourth-order valence-corrected chi connectivity index (χ4v) is 11.8. The quantitative estimate of drug-likeness (QED) is 0.166. The molecule has 0 spiro atoms. The van der Waals surface area contributed by atoms with E-state index in [0.29, 0.717) is 0 Å². The van der Waals surface area contributed by atoms with Crippen LogP contribution in [0.3, 0.4) is 0 Å². The van der Waals surface area contributed by atoms with Gasteiger partial charge in [0.2, 0.25) is 0 Å². The molecule has 0 atom stereocenters. The van der Waals surface area contributed by atoms with Crippen molar-refractivity contribution in [1.82, 2.24) is 0 Å². The maximum absolute atomic E-state index is 6.64. The van der Waals surface area contributed by atoms with Gasteiger partial charge in [-0.25, -0.2) is 0 Å². The minimum atomic E-state index is 0.865. The van der Waals surface area contributed by atoms with Gasteiger partial charge in [0.25, 0.3) is 0 Å². The molecule has 274 valence electrons. The van der Waals surface area contributed by atoms with E-state index in [1.54, 1.807) is 0 Å². The predicted octanol–water partition coefficient (Wildman–Crippen LogP) is 16.7. The van der Waals surface area contributed by atoms with Gasteiger partial charge >= 0.3 is 0 Å². The smallest absolute Gasteiger partial charge is 0.137 e. The van der Waals surface area contributed by atoms with E-state index in [1.165, 1.54) is 50.5 Å². The van der Waals surface area contributed by atoms with Crippen LogP contribution in [0.2, 0.25) is 0 Å². The summed E-state index contributed by atoms with van der Waals surface area (Å²) in [6, 6.07) is 70.3. The maximum atomic E-state index is 6.64. The molecule has 0 unspecified atom stereocenters. The van der Waals surface area contributed by atoms with Crippen LogP contribution in [0.15, 0.2) is 218 Å². The van der Waals surface area contributed by atoms with Gasteiger partial charge in [-0.15, -0.1) is 11.3 Å². The third-order valence-electron chi connectivity index (χ3n) is 11.0. The van der Waals surface area contributed by atoms with Crippen LogP contribution >= 0.6 is 34.9 Å². The number of furan rings is 1. The fraction of sp³-hybridized carbons (Fsp3) is 0. The van der Waals surface area contributed by atoms with E-state index in [4.69, 9.17) is 4.42 Å². The first-order valence-electron chi connectivity index (χ1n) is 19.3. The van der Waals surface area contributed by atoms with Crippen molar-refractivity contribution in [1.29, 1.82) is 0 Å². The van der Waals surface area contributed by atoms with Crippen molar-refractivity contribution in [3.63, 3.8) is 0 Å². The second-order valence-electron chi connectivity index (χ2n) is 14.5.